The molecule has 3 aliphatic heterocycles. The molecule has 596 valence electrons. The van der Waals surface area contributed by atoms with E-state index in [0.29, 0.717) is 84.1 Å². The van der Waals surface area contributed by atoms with Crippen LogP contribution in [0.1, 0.15) is 206 Å². The van der Waals surface area contributed by atoms with Crippen LogP contribution >= 0.6 is 15.9 Å². The fraction of sp³-hybridized carbons (Fsp3) is 0.421. The Morgan fingerprint density at radius 2 is 0.514 bits per heavy atom. The highest BCUT2D eigenvalue weighted by Gasteiger charge is 2.37. The first kappa shape index (κ1) is 86.2. The predicted molar refractivity (Wildman–Crippen MR) is 413 cm³/mol. The van der Waals surface area contributed by atoms with Gasteiger partial charge in [0.2, 0.25) is 0 Å². The number of carboxylic acids is 6. The summed E-state index contributed by atoms with van der Waals surface area (Å²) in [6.07, 6.45) is -4.01. The van der Waals surface area contributed by atoms with Crippen molar-refractivity contribution in [3.05, 3.63) is 137 Å². The molecule has 0 fully saturated rings. The highest BCUT2D eigenvalue weighted by Crippen LogP contribution is 2.37. The largest absolute Gasteiger partial charge is 0.481 e. The molecule has 14 amide bonds. The number of nitrogens with one attached hydrogen (secondary N) is 14. The number of urea groups is 6. The Hall–Kier alpha value is -12.0. The third kappa shape index (κ3) is 23.7. The maximum atomic E-state index is 14.8. The smallest absolute Gasteiger partial charge is 0.319 e. The molecule has 0 atom stereocenters. The molecule has 3 heterocycles. The third-order valence-electron chi connectivity index (χ3n) is 19.7. The van der Waals surface area contributed by atoms with E-state index in [-0.39, 0.29) is 149 Å². The number of fused-ring (bicyclic) bond motifs is 18. The minimum absolute atomic E-state index is 0.0738. The minimum Gasteiger partial charge on any atom is -0.481 e. The summed E-state index contributed by atoms with van der Waals surface area (Å²) in [4.78, 5) is 189. The van der Waals surface area contributed by atoms with E-state index in [1.165, 1.54) is 36.4 Å². The summed E-state index contributed by atoms with van der Waals surface area (Å²) in [5.41, 5.74) is 3.43. The van der Waals surface area contributed by atoms with Gasteiger partial charge in [-0.15, -0.1) is 0 Å². The Bertz CT molecular complexity index is 4140. The summed E-state index contributed by atoms with van der Waals surface area (Å²) in [6, 6.07) is 7.50. The molecule has 6 bridgehead atoms. The number of carbonyl (C=O) groups excluding carboxylic acids is 8. The summed E-state index contributed by atoms with van der Waals surface area (Å²) >= 11 is 3.49. The molecule has 3 aliphatic rings. The monoisotopic (exact) mass is 1600 g/mol. The van der Waals surface area contributed by atoms with Crippen molar-refractivity contribution in [2.45, 2.75) is 207 Å². The molecule has 5 aromatic rings. The van der Waals surface area contributed by atoms with Crippen molar-refractivity contribution in [1.29, 1.82) is 0 Å². The number of hydrogen-bond donors (Lipinski definition) is 20. The van der Waals surface area contributed by atoms with Crippen LogP contribution in [0.15, 0.2) is 59.1 Å². The van der Waals surface area contributed by atoms with E-state index in [0.717, 1.165) is 0 Å². The number of rotatable bonds is 28. The molecule has 8 rings (SSSR count). The number of hydrogen-bond acceptors (Lipinski definition) is 14. The zero-order chi connectivity index (χ0) is 81.4. The number of carbonyl (C=O) groups is 14. The van der Waals surface area contributed by atoms with Crippen LogP contribution in [0.2, 0.25) is 0 Å². The Labute approximate surface area is 647 Å². The number of aliphatic carboxylic acids is 6. The third-order valence-corrected chi connectivity index (χ3v) is 20.2. The lowest BCUT2D eigenvalue weighted by Gasteiger charge is -2.34. The van der Waals surface area contributed by atoms with Gasteiger partial charge in [-0.25, -0.2) is 28.8 Å². The van der Waals surface area contributed by atoms with Crippen LogP contribution in [0, 0.1) is 0 Å². The van der Waals surface area contributed by atoms with E-state index >= 15 is 0 Å². The second-order valence-electron chi connectivity index (χ2n) is 26.8. The highest BCUT2D eigenvalue weighted by atomic mass is 79.9. The standard InChI is InChI=1S/C76H95BrN14O20/c1-7-43-49-34-78-69(106)84-55-16-13-40(67(104)90-75(25-19-61(92)93,26-20-62(94)95)27-21-63(96)97)31-58(55)87-72(109)81-37-52-44(8-2)51-36-80-71(108)86-57-18-15-42(77)33-60(57)89-74(111)83-39-54(46(49)10-4)47(11-5)50(43)35-79-70(107)85-56-17-14-41(32-59(56)88-73(110)82-38-53(45(51)9-3)48(52)12-6)68(105)91-76(28-22-64(98)99,29-23-65(100)101)30-24-66(102)103/h13-18,31-33H,7-12,19-30,34-39H2,1-6H3,(H,90,104)(H,91,105)(H,92,93)(H,94,95)(H,96,97)(H,98,99)(H,100,101)(H,102,103)(H2,78,84,106)(H2,79,85,107)(H2,80,86,108)(H2,81,87,109)(H2,82,88,110)(H2,83,89,111). The van der Waals surface area contributed by atoms with E-state index in [9.17, 15) is 97.8 Å². The summed E-state index contributed by atoms with van der Waals surface area (Å²) in [7, 11) is 0. The van der Waals surface area contributed by atoms with Crippen LogP contribution in [0.5, 0.6) is 0 Å². The van der Waals surface area contributed by atoms with Crippen molar-refractivity contribution in [3.63, 3.8) is 0 Å². The van der Waals surface area contributed by atoms with Gasteiger partial charge in [0.15, 0.2) is 0 Å². The second kappa shape index (κ2) is 39.9. The van der Waals surface area contributed by atoms with Crippen molar-refractivity contribution in [2.75, 3.05) is 31.9 Å². The molecule has 0 spiro atoms. The van der Waals surface area contributed by atoms with Gasteiger partial charge in [-0.1, -0.05) is 57.5 Å². The molecule has 0 unspecified atom stereocenters. The molecule has 111 heavy (non-hydrogen) atoms. The molecule has 20 N–H and O–H groups in total. The van der Waals surface area contributed by atoms with Gasteiger partial charge in [0, 0.05) is 104 Å². The van der Waals surface area contributed by atoms with Crippen LogP contribution in [-0.4, -0.2) is 126 Å². The Morgan fingerprint density at radius 3 is 0.721 bits per heavy atom. The van der Waals surface area contributed by atoms with Crippen molar-refractivity contribution in [2.24, 2.45) is 0 Å². The average molecular weight is 1600 g/mol. The molecule has 0 radical (unpaired) electrons. The fourth-order valence-corrected chi connectivity index (χ4v) is 14.8. The van der Waals surface area contributed by atoms with Gasteiger partial charge in [0.25, 0.3) is 11.8 Å². The minimum atomic E-state index is -1.69. The average Bonchev–Trinajstić information content (AvgIpc) is 0.770. The second-order valence-corrected chi connectivity index (χ2v) is 27.7. The molecular weight excluding hydrogens is 1510 g/mol. The quantitative estimate of drug-likeness (QED) is 0.0221. The maximum Gasteiger partial charge on any atom is 0.319 e. The Morgan fingerprint density at radius 1 is 0.315 bits per heavy atom. The molecule has 0 saturated heterocycles. The topological polar surface area (TPSA) is 529 Å². The molecular formula is C76H95BrN14O20. The number of amides is 14. The zero-order valence-electron chi connectivity index (χ0n) is 62.4. The normalized spacial score (nSPS) is 13.8. The molecule has 5 aromatic carbocycles. The summed E-state index contributed by atoms with van der Waals surface area (Å²) in [5.74, 6) is -9.70. The first-order valence-electron chi connectivity index (χ1n) is 36.5. The van der Waals surface area contributed by atoms with Crippen LogP contribution in [0.25, 0.3) is 0 Å². The van der Waals surface area contributed by atoms with Gasteiger partial charge in [-0.2, -0.15) is 0 Å². The van der Waals surface area contributed by atoms with Crippen molar-refractivity contribution >= 4 is 134 Å². The van der Waals surface area contributed by atoms with Crippen molar-refractivity contribution in [3.8, 4) is 0 Å². The van der Waals surface area contributed by atoms with E-state index in [4.69, 9.17) is 0 Å². The lowest BCUT2D eigenvalue weighted by atomic mass is 9.83. The van der Waals surface area contributed by atoms with Crippen LogP contribution in [-0.2, 0) is 107 Å². The number of anilines is 6. The van der Waals surface area contributed by atoms with E-state index in [2.05, 4.69) is 90.4 Å². The first-order chi connectivity index (χ1) is 52.8. The SMILES string of the molecule is CCc1c2c(CC)c3c(CC)c1CNC(=O)Nc1ccc(C(=O)NC(CCC(=O)O)(CCC(=O)O)CCC(=O)O)cc1NC(=O)NCc1c(CC)c(c(CC)c(c1CC)CNC(=O)Nc1cc(C(=O)NC(CCC(=O)O)(CCC(=O)O)CCC(=O)O)ccc1NC(=O)NC2)CNC(=O)Nc1ccc(Br)cc1NC(=O)NC3. The molecule has 0 saturated carbocycles. The molecule has 35 heteroatoms. The van der Waals surface area contributed by atoms with Crippen molar-refractivity contribution in [1.82, 2.24) is 42.5 Å². The van der Waals surface area contributed by atoms with Crippen molar-refractivity contribution < 1.29 is 97.8 Å². The first-order valence-corrected chi connectivity index (χ1v) is 37.2. The Kier molecular flexibility index (Phi) is 31.0. The number of benzene rings is 5. The van der Waals surface area contributed by atoms with E-state index in [1.54, 1.807) is 18.2 Å². The number of halogens is 1. The summed E-state index contributed by atoms with van der Waals surface area (Å²) < 4.78 is 0.551. The highest BCUT2D eigenvalue weighted by molar-refractivity contribution is 9.10. The van der Waals surface area contributed by atoms with E-state index < -0.39 is 133 Å². The summed E-state index contributed by atoms with van der Waals surface area (Å²) in [6.45, 7) is 9.84. The fourth-order valence-electron chi connectivity index (χ4n) is 14.4. The van der Waals surface area contributed by atoms with Gasteiger partial charge in [0.1, 0.15) is 0 Å². The molecule has 0 aliphatic carbocycles. The summed E-state index contributed by atoms with van der Waals surface area (Å²) in [5, 5.41) is 98.4. The van der Waals surface area contributed by atoms with Gasteiger partial charge >= 0.3 is 72.0 Å². The molecule has 34 nitrogen and oxygen atoms in total. The van der Waals surface area contributed by atoms with E-state index in [1.807, 2.05) is 41.5 Å². The van der Waals surface area contributed by atoms with Crippen LogP contribution < -0.4 is 74.4 Å². The molecule has 0 aromatic heterocycles. The van der Waals surface area contributed by atoms with Gasteiger partial charge in [-0.3, -0.25) is 38.4 Å². The van der Waals surface area contributed by atoms with Gasteiger partial charge in [0.05, 0.1) is 34.1 Å². The van der Waals surface area contributed by atoms with Gasteiger partial charge in [-0.05, 0) is 198 Å². The maximum absolute atomic E-state index is 14.8. The lowest BCUT2D eigenvalue weighted by Crippen LogP contribution is -2.49. The van der Waals surface area contributed by atoms with Crippen LogP contribution in [0.3, 0.4) is 0 Å². The zero-order valence-corrected chi connectivity index (χ0v) is 64.0. The lowest BCUT2D eigenvalue weighted by molar-refractivity contribution is -0.140. The van der Waals surface area contributed by atoms with Gasteiger partial charge < -0.3 is 105 Å². The number of carboxylic acid groups (broad SMARTS) is 6. The Balaban J connectivity index is 1.47. The predicted octanol–water partition coefficient (Wildman–Crippen LogP) is 10.5. The van der Waals surface area contributed by atoms with Crippen LogP contribution in [0.4, 0.5) is 62.9 Å².